The zero-order valence-electron chi connectivity index (χ0n) is 18.3. The molecule has 2 rings (SSSR count). The number of carboxylic acids is 1. The predicted molar refractivity (Wildman–Crippen MR) is 113 cm³/mol. The molecule has 178 valence electrons. The molecule has 3 atom stereocenters. The van der Waals surface area contributed by atoms with Gasteiger partial charge in [-0.1, -0.05) is 12.2 Å². The van der Waals surface area contributed by atoms with Gasteiger partial charge in [0.15, 0.2) is 0 Å². The minimum atomic E-state index is -0.873. The van der Waals surface area contributed by atoms with E-state index in [1.165, 1.54) is 12.8 Å². The van der Waals surface area contributed by atoms with Gasteiger partial charge in [-0.15, -0.1) is 0 Å². The van der Waals surface area contributed by atoms with Crippen LogP contribution in [0.5, 0.6) is 0 Å². The summed E-state index contributed by atoms with van der Waals surface area (Å²) in [6.45, 7) is 4.07. The molecule has 0 aromatic rings. The highest BCUT2D eigenvalue weighted by atomic mass is 16.6. The van der Waals surface area contributed by atoms with Gasteiger partial charge in [0.25, 0.3) is 0 Å². The third-order valence-corrected chi connectivity index (χ3v) is 5.51. The Balaban J connectivity index is 1.29. The van der Waals surface area contributed by atoms with Crippen molar-refractivity contribution in [1.29, 1.82) is 0 Å². The Labute approximate surface area is 184 Å². The average Bonchev–Trinajstić information content (AvgIpc) is 3.38. The number of carbonyl (C=O) groups is 2. The summed E-state index contributed by atoms with van der Waals surface area (Å²) in [7, 11) is 0. The number of alkyl carbamates (subject to hydrolysis) is 1. The van der Waals surface area contributed by atoms with E-state index < -0.39 is 5.97 Å². The fraction of sp³-hybridized carbons (Fsp3) is 0.818. The summed E-state index contributed by atoms with van der Waals surface area (Å²) in [5, 5.41) is 11.2. The van der Waals surface area contributed by atoms with Crippen LogP contribution in [0, 0.1) is 17.8 Å². The Hall–Kier alpha value is -1.68. The lowest BCUT2D eigenvalue weighted by Crippen LogP contribution is -2.29. The average molecular weight is 444 g/mol. The first-order valence-electron chi connectivity index (χ1n) is 11.3. The molecule has 2 N–H and O–H groups in total. The largest absolute Gasteiger partial charge is 0.481 e. The van der Waals surface area contributed by atoms with Crippen molar-refractivity contribution in [2.45, 2.75) is 32.1 Å². The molecule has 1 fully saturated rings. The molecule has 0 aliphatic heterocycles. The normalized spacial score (nSPS) is 23.3. The van der Waals surface area contributed by atoms with Gasteiger partial charge < -0.3 is 34.1 Å². The van der Waals surface area contributed by atoms with Crippen LogP contribution in [0.15, 0.2) is 12.2 Å². The smallest absolute Gasteiger partial charge is 0.407 e. The van der Waals surface area contributed by atoms with E-state index in [0.29, 0.717) is 65.3 Å². The van der Waals surface area contributed by atoms with E-state index in [4.69, 9.17) is 28.8 Å². The molecule has 0 aromatic carbocycles. The first kappa shape index (κ1) is 25.6. The molecule has 0 unspecified atom stereocenters. The molecule has 1 saturated carbocycles. The standard InChI is InChI=1S/C22H37NO8/c24-21(25)7-9-27-11-13-29-15-16-30-14-12-28-10-8-23-22(26)31-17-20-18-5-3-1-2-4-6-19(18)20/h1-2,18-20H,3-17H2,(H,23,26)(H,24,25)/b2-1-/t18-,19+,20-. The molecule has 0 heterocycles. The maximum Gasteiger partial charge on any atom is 0.407 e. The summed E-state index contributed by atoms with van der Waals surface area (Å²) in [5.74, 6) is 1.11. The maximum absolute atomic E-state index is 11.8. The lowest BCUT2D eigenvalue weighted by atomic mass is 10.1. The number of carbonyl (C=O) groups excluding carboxylic acids is 1. The summed E-state index contributed by atoms with van der Waals surface area (Å²) in [5.41, 5.74) is 0. The van der Waals surface area contributed by atoms with Crippen molar-refractivity contribution in [3.63, 3.8) is 0 Å². The summed E-state index contributed by atoms with van der Waals surface area (Å²) >= 11 is 0. The molecule has 9 heteroatoms. The monoisotopic (exact) mass is 443 g/mol. The Morgan fingerprint density at radius 2 is 1.32 bits per heavy atom. The molecule has 0 aromatic heterocycles. The van der Waals surface area contributed by atoms with Gasteiger partial charge in [0.2, 0.25) is 0 Å². The van der Waals surface area contributed by atoms with Gasteiger partial charge >= 0.3 is 12.1 Å². The minimum absolute atomic E-state index is 0.000778. The van der Waals surface area contributed by atoms with Gasteiger partial charge in [0, 0.05) is 6.54 Å². The Morgan fingerprint density at radius 3 is 1.87 bits per heavy atom. The summed E-state index contributed by atoms with van der Waals surface area (Å²) in [6, 6.07) is 0. The quantitative estimate of drug-likeness (QED) is 0.260. The van der Waals surface area contributed by atoms with Gasteiger partial charge in [-0.25, -0.2) is 4.79 Å². The van der Waals surface area contributed by atoms with Crippen molar-refractivity contribution in [1.82, 2.24) is 5.32 Å². The number of carboxylic acid groups (broad SMARTS) is 1. The number of ether oxygens (including phenoxy) is 5. The lowest BCUT2D eigenvalue weighted by Gasteiger charge is -2.08. The zero-order valence-corrected chi connectivity index (χ0v) is 18.3. The summed E-state index contributed by atoms with van der Waals surface area (Å²) in [4.78, 5) is 22.1. The minimum Gasteiger partial charge on any atom is -0.481 e. The van der Waals surface area contributed by atoms with Gasteiger partial charge in [-0.3, -0.25) is 4.79 Å². The molecule has 9 nitrogen and oxygen atoms in total. The third-order valence-electron chi connectivity index (χ3n) is 5.51. The van der Waals surface area contributed by atoms with Crippen LogP contribution in [0.3, 0.4) is 0 Å². The third kappa shape index (κ3) is 12.1. The number of aliphatic carboxylic acids is 1. The second-order valence-corrected chi connectivity index (χ2v) is 7.74. The number of nitrogens with one attached hydrogen (secondary N) is 1. The number of allylic oxidation sites excluding steroid dienone is 2. The number of hydrogen-bond donors (Lipinski definition) is 2. The van der Waals surface area contributed by atoms with Gasteiger partial charge in [0.1, 0.15) is 0 Å². The van der Waals surface area contributed by atoms with Crippen molar-refractivity contribution in [2.24, 2.45) is 17.8 Å². The van der Waals surface area contributed by atoms with E-state index in [0.717, 1.165) is 24.7 Å². The number of amides is 1. The number of fused-ring (bicyclic) bond motifs is 1. The predicted octanol–water partition coefficient (Wildman–Crippen LogP) is 2.25. The van der Waals surface area contributed by atoms with E-state index in [1.807, 2.05) is 0 Å². The SMILES string of the molecule is O=C(O)CCOCCOCCOCCOCCNC(=O)OC[C@@H]1[C@@H]2CC/C=C\CC[C@@H]21. The van der Waals surface area contributed by atoms with Crippen LogP contribution in [-0.2, 0) is 28.5 Å². The molecule has 2 aliphatic carbocycles. The van der Waals surface area contributed by atoms with Crippen LogP contribution in [0.4, 0.5) is 4.79 Å². The van der Waals surface area contributed by atoms with Crippen LogP contribution >= 0.6 is 0 Å². The van der Waals surface area contributed by atoms with E-state index in [2.05, 4.69) is 17.5 Å². The van der Waals surface area contributed by atoms with Crippen molar-refractivity contribution in [2.75, 3.05) is 66.0 Å². The molecule has 0 radical (unpaired) electrons. The van der Waals surface area contributed by atoms with E-state index >= 15 is 0 Å². The van der Waals surface area contributed by atoms with Gasteiger partial charge in [-0.2, -0.15) is 0 Å². The van der Waals surface area contributed by atoms with E-state index in [9.17, 15) is 9.59 Å². The number of hydrogen-bond acceptors (Lipinski definition) is 7. The van der Waals surface area contributed by atoms with E-state index in [1.54, 1.807) is 0 Å². The van der Waals surface area contributed by atoms with Crippen LogP contribution in [0.2, 0.25) is 0 Å². The molecule has 0 spiro atoms. The maximum atomic E-state index is 11.8. The fourth-order valence-electron chi connectivity index (χ4n) is 3.81. The second-order valence-electron chi connectivity index (χ2n) is 7.74. The Kier molecular flexibility index (Phi) is 13.2. The Morgan fingerprint density at radius 1 is 0.806 bits per heavy atom. The van der Waals surface area contributed by atoms with Crippen molar-refractivity contribution in [3.8, 4) is 0 Å². The van der Waals surface area contributed by atoms with Crippen LogP contribution in [-0.4, -0.2) is 83.2 Å². The number of rotatable bonds is 17. The first-order chi connectivity index (χ1) is 15.2. The Bertz CT molecular complexity index is 526. The van der Waals surface area contributed by atoms with Crippen LogP contribution in [0.1, 0.15) is 32.1 Å². The fourth-order valence-corrected chi connectivity index (χ4v) is 3.81. The van der Waals surface area contributed by atoms with Crippen molar-refractivity contribution >= 4 is 12.1 Å². The molecular formula is C22H37NO8. The van der Waals surface area contributed by atoms with Crippen molar-refractivity contribution < 1.29 is 38.4 Å². The molecule has 1 amide bonds. The zero-order chi connectivity index (χ0) is 22.2. The molecule has 31 heavy (non-hydrogen) atoms. The highest BCUT2D eigenvalue weighted by molar-refractivity contribution is 5.67. The molecule has 0 saturated heterocycles. The van der Waals surface area contributed by atoms with Gasteiger partial charge in [-0.05, 0) is 43.4 Å². The van der Waals surface area contributed by atoms with E-state index in [-0.39, 0.29) is 19.1 Å². The second kappa shape index (κ2) is 16.0. The summed E-state index contributed by atoms with van der Waals surface area (Å²) in [6.07, 6.45) is 8.86. The topological polar surface area (TPSA) is 113 Å². The van der Waals surface area contributed by atoms with Gasteiger partial charge in [0.05, 0.1) is 65.9 Å². The summed E-state index contributed by atoms with van der Waals surface area (Å²) < 4.78 is 26.5. The molecule has 0 bridgehead atoms. The molecular weight excluding hydrogens is 406 g/mol. The highest BCUT2D eigenvalue weighted by Crippen LogP contribution is 2.52. The highest BCUT2D eigenvalue weighted by Gasteiger charge is 2.49. The molecule has 2 aliphatic rings. The van der Waals surface area contributed by atoms with Crippen molar-refractivity contribution in [3.05, 3.63) is 12.2 Å². The van der Waals surface area contributed by atoms with Crippen LogP contribution < -0.4 is 5.32 Å². The first-order valence-corrected chi connectivity index (χ1v) is 11.3. The lowest BCUT2D eigenvalue weighted by molar-refractivity contribution is -0.138. The van der Waals surface area contributed by atoms with Crippen LogP contribution in [0.25, 0.3) is 0 Å².